The van der Waals surface area contributed by atoms with Gasteiger partial charge in [0.05, 0.1) is 12.2 Å². The highest BCUT2D eigenvalue weighted by molar-refractivity contribution is 5.95. The molecule has 5 atom stereocenters. The van der Waals surface area contributed by atoms with Crippen molar-refractivity contribution in [3.63, 3.8) is 0 Å². The first-order chi connectivity index (χ1) is 9.95. The Morgan fingerprint density at radius 1 is 1.19 bits per heavy atom. The maximum absolute atomic E-state index is 11.3. The van der Waals surface area contributed by atoms with E-state index in [0.29, 0.717) is 0 Å². The summed E-state index contributed by atoms with van der Waals surface area (Å²) in [6.45, 7) is -0.567. The van der Waals surface area contributed by atoms with Crippen LogP contribution in [0.25, 0.3) is 0 Å². The highest BCUT2D eigenvalue weighted by atomic mass is 16.7. The number of primary amides is 1. The maximum atomic E-state index is 11.3. The van der Waals surface area contributed by atoms with Gasteiger partial charge in [-0.2, -0.15) is 0 Å². The highest BCUT2D eigenvalue weighted by Crippen LogP contribution is 2.26. The third-order valence-corrected chi connectivity index (χ3v) is 3.24. The highest BCUT2D eigenvalue weighted by Gasteiger charge is 2.44. The topological polar surface area (TPSA) is 142 Å². The molecule has 1 aromatic rings. The average Bonchev–Trinajstić information content (AvgIpc) is 2.48. The minimum atomic E-state index is -1.55. The van der Waals surface area contributed by atoms with Gasteiger partial charge in [0.15, 0.2) is 0 Å². The van der Waals surface area contributed by atoms with Gasteiger partial charge in [0.25, 0.3) is 5.91 Å². The molecule has 2 unspecified atom stereocenters. The number of nitrogens with two attached hydrogens (primary N) is 1. The fourth-order valence-corrected chi connectivity index (χ4v) is 2.06. The van der Waals surface area contributed by atoms with Crippen LogP contribution in [0.1, 0.15) is 10.4 Å². The lowest BCUT2D eigenvalue weighted by Gasteiger charge is -2.39. The number of amides is 1. The second-order valence-electron chi connectivity index (χ2n) is 4.68. The molecule has 0 spiro atoms. The zero-order valence-corrected chi connectivity index (χ0v) is 11.0. The van der Waals surface area contributed by atoms with Crippen LogP contribution in [0.4, 0.5) is 0 Å². The minimum Gasteiger partial charge on any atom is -0.461 e. The molecular formula is C13H17NO7. The Balaban J connectivity index is 2.20. The van der Waals surface area contributed by atoms with Crippen molar-refractivity contribution >= 4 is 5.91 Å². The van der Waals surface area contributed by atoms with Crippen molar-refractivity contribution in [1.29, 1.82) is 0 Å². The lowest BCUT2D eigenvalue weighted by Crippen LogP contribution is -2.60. The summed E-state index contributed by atoms with van der Waals surface area (Å²) in [5.74, 6) is -0.662. The Hall–Kier alpha value is -1.71. The summed E-state index contributed by atoms with van der Waals surface area (Å²) < 4.78 is 10.5. The van der Waals surface area contributed by atoms with Crippen LogP contribution in [-0.2, 0) is 4.74 Å². The van der Waals surface area contributed by atoms with Crippen LogP contribution in [0, 0.1) is 0 Å². The van der Waals surface area contributed by atoms with Crippen molar-refractivity contribution in [3.05, 3.63) is 29.8 Å². The molecule has 1 saturated heterocycles. The van der Waals surface area contributed by atoms with Crippen LogP contribution in [0.15, 0.2) is 24.3 Å². The number of hydrogen-bond acceptors (Lipinski definition) is 7. The van der Waals surface area contributed by atoms with E-state index in [2.05, 4.69) is 0 Å². The van der Waals surface area contributed by atoms with E-state index in [1.807, 2.05) is 0 Å². The molecule has 0 bridgehead atoms. The normalized spacial score (nSPS) is 32.7. The third kappa shape index (κ3) is 3.14. The van der Waals surface area contributed by atoms with Gasteiger partial charge < -0.3 is 35.6 Å². The Morgan fingerprint density at radius 3 is 2.48 bits per heavy atom. The van der Waals surface area contributed by atoms with E-state index >= 15 is 0 Å². The molecule has 6 N–H and O–H groups in total. The molecule has 0 aliphatic carbocycles. The molecule has 1 aromatic carbocycles. The molecule has 1 amide bonds. The van der Waals surface area contributed by atoms with Gasteiger partial charge in [0, 0.05) is 0 Å². The van der Waals surface area contributed by atoms with Crippen LogP contribution in [0.5, 0.6) is 5.75 Å². The number of para-hydroxylation sites is 1. The van der Waals surface area contributed by atoms with Gasteiger partial charge in [-0.3, -0.25) is 4.79 Å². The number of carbonyl (C=O) groups is 1. The van der Waals surface area contributed by atoms with Crippen LogP contribution in [-0.4, -0.2) is 63.6 Å². The summed E-state index contributed by atoms with van der Waals surface area (Å²) in [7, 11) is 0. The number of aliphatic hydroxyl groups excluding tert-OH is 4. The number of carbonyl (C=O) groups excluding carboxylic acids is 1. The largest absolute Gasteiger partial charge is 0.461 e. The first-order valence-corrected chi connectivity index (χ1v) is 6.31. The fourth-order valence-electron chi connectivity index (χ4n) is 2.06. The summed E-state index contributed by atoms with van der Waals surface area (Å²) in [6, 6.07) is 6.05. The van der Waals surface area contributed by atoms with Crippen molar-refractivity contribution in [2.45, 2.75) is 30.7 Å². The van der Waals surface area contributed by atoms with Gasteiger partial charge in [0.1, 0.15) is 30.2 Å². The van der Waals surface area contributed by atoms with Crippen molar-refractivity contribution in [2.75, 3.05) is 6.61 Å². The molecule has 21 heavy (non-hydrogen) atoms. The van der Waals surface area contributed by atoms with Crippen molar-refractivity contribution in [1.82, 2.24) is 0 Å². The molecule has 8 nitrogen and oxygen atoms in total. The van der Waals surface area contributed by atoms with Gasteiger partial charge in [-0.25, -0.2) is 0 Å². The third-order valence-electron chi connectivity index (χ3n) is 3.24. The van der Waals surface area contributed by atoms with Crippen LogP contribution in [0.2, 0.25) is 0 Å². The number of benzene rings is 1. The number of ether oxygens (including phenoxy) is 2. The summed E-state index contributed by atoms with van der Waals surface area (Å²) in [4.78, 5) is 11.3. The number of rotatable bonds is 4. The predicted molar refractivity (Wildman–Crippen MR) is 69.4 cm³/mol. The summed E-state index contributed by atoms with van der Waals surface area (Å²) in [5.41, 5.74) is 5.28. The molecule has 0 aromatic heterocycles. The first-order valence-electron chi connectivity index (χ1n) is 6.31. The molecule has 8 heteroatoms. The monoisotopic (exact) mass is 299 g/mol. The SMILES string of the molecule is NC(=O)c1ccccc1O[C@@H]1OC(CO)[C@H](O)[C@H](O)C1O. The maximum Gasteiger partial charge on any atom is 0.252 e. The van der Waals surface area contributed by atoms with E-state index in [0.717, 1.165) is 0 Å². The molecule has 2 rings (SSSR count). The summed E-state index contributed by atoms with van der Waals surface area (Å²) >= 11 is 0. The van der Waals surface area contributed by atoms with Gasteiger partial charge in [0.2, 0.25) is 6.29 Å². The zero-order valence-electron chi connectivity index (χ0n) is 11.0. The molecular weight excluding hydrogens is 282 g/mol. The van der Waals surface area contributed by atoms with Crippen molar-refractivity contribution < 1.29 is 34.7 Å². The van der Waals surface area contributed by atoms with E-state index < -0.39 is 43.2 Å². The predicted octanol–water partition coefficient (Wildman–Crippen LogP) is -2.04. The lowest BCUT2D eigenvalue weighted by molar-refractivity contribution is -0.277. The average molecular weight is 299 g/mol. The van der Waals surface area contributed by atoms with Crippen molar-refractivity contribution in [3.8, 4) is 5.75 Å². The van der Waals surface area contributed by atoms with E-state index in [9.17, 15) is 20.1 Å². The molecule has 1 aliphatic rings. The standard InChI is InChI=1S/C13H17NO7/c14-12(19)6-3-1-2-4-7(6)20-13-11(18)10(17)9(16)8(5-15)21-13/h1-4,8-11,13,15-18H,5H2,(H2,14,19)/t8?,9-,10-,11?,13+/m0/s1. The second kappa shape index (κ2) is 6.37. The van der Waals surface area contributed by atoms with Gasteiger partial charge in [-0.15, -0.1) is 0 Å². The summed E-state index contributed by atoms with van der Waals surface area (Å²) in [5, 5.41) is 38.3. The molecule has 1 heterocycles. The number of aliphatic hydroxyl groups is 4. The summed E-state index contributed by atoms with van der Waals surface area (Å²) in [6.07, 6.45) is -7.03. The lowest BCUT2D eigenvalue weighted by atomic mass is 9.99. The van der Waals surface area contributed by atoms with Crippen molar-refractivity contribution in [2.24, 2.45) is 5.73 Å². The smallest absolute Gasteiger partial charge is 0.252 e. The van der Waals surface area contributed by atoms with E-state index in [-0.39, 0.29) is 11.3 Å². The Kier molecular flexibility index (Phi) is 4.76. The molecule has 0 radical (unpaired) electrons. The first kappa shape index (κ1) is 15.7. The van der Waals surface area contributed by atoms with Gasteiger partial charge in [-0.1, -0.05) is 12.1 Å². The number of hydrogen-bond donors (Lipinski definition) is 5. The van der Waals surface area contributed by atoms with E-state index in [1.165, 1.54) is 12.1 Å². The molecule has 0 saturated carbocycles. The zero-order chi connectivity index (χ0) is 15.6. The minimum absolute atomic E-state index is 0.0642. The Bertz CT molecular complexity index is 507. The van der Waals surface area contributed by atoms with Crippen LogP contribution < -0.4 is 10.5 Å². The van der Waals surface area contributed by atoms with Crippen LogP contribution >= 0.6 is 0 Å². The Morgan fingerprint density at radius 2 is 1.86 bits per heavy atom. The molecule has 1 fully saturated rings. The fraction of sp³-hybridized carbons (Fsp3) is 0.462. The Labute approximate surface area is 120 Å². The second-order valence-corrected chi connectivity index (χ2v) is 4.68. The quantitative estimate of drug-likeness (QED) is 0.431. The molecule has 116 valence electrons. The van der Waals surface area contributed by atoms with E-state index in [4.69, 9.17) is 20.3 Å². The van der Waals surface area contributed by atoms with E-state index in [1.54, 1.807) is 12.1 Å². The van der Waals surface area contributed by atoms with Gasteiger partial charge in [-0.05, 0) is 12.1 Å². The van der Waals surface area contributed by atoms with Crippen LogP contribution in [0.3, 0.4) is 0 Å². The van der Waals surface area contributed by atoms with Gasteiger partial charge >= 0.3 is 0 Å². The molecule has 1 aliphatic heterocycles.